The second-order valence-corrected chi connectivity index (χ2v) is 5.15. The quantitative estimate of drug-likeness (QED) is 0.633. The van der Waals surface area contributed by atoms with E-state index in [0.29, 0.717) is 0 Å². The Balaban J connectivity index is 1.83. The van der Waals surface area contributed by atoms with E-state index in [2.05, 4.69) is 83.7 Å². The largest absolute Gasteiger partial charge is 0.323 e. The summed E-state index contributed by atoms with van der Waals surface area (Å²) >= 11 is 0. The first-order valence-electron chi connectivity index (χ1n) is 6.93. The van der Waals surface area contributed by atoms with E-state index in [-0.39, 0.29) is 0 Å². The van der Waals surface area contributed by atoms with E-state index in [1.165, 1.54) is 28.0 Å². The fraction of sp³-hybridized carbons (Fsp3) is 0.0526. The minimum absolute atomic E-state index is 1.02. The Bertz CT molecular complexity index is 765. The maximum atomic E-state index is 2.33. The van der Waals surface area contributed by atoms with Gasteiger partial charge in [-0.25, -0.2) is 0 Å². The van der Waals surface area contributed by atoms with Gasteiger partial charge in [0.2, 0.25) is 0 Å². The Morgan fingerprint density at radius 1 is 0.750 bits per heavy atom. The lowest BCUT2D eigenvalue weighted by molar-refractivity contribution is 1.07. The Morgan fingerprint density at radius 3 is 2.35 bits per heavy atom. The molecule has 96 valence electrons. The van der Waals surface area contributed by atoms with Crippen LogP contribution in [-0.2, 0) is 6.42 Å². The van der Waals surface area contributed by atoms with Crippen LogP contribution in [0.4, 0.5) is 0 Å². The highest BCUT2D eigenvalue weighted by Crippen LogP contribution is 2.34. The lowest BCUT2D eigenvalue weighted by atomic mass is 10.0. The van der Waals surface area contributed by atoms with E-state index in [1.54, 1.807) is 0 Å². The molecule has 0 unspecified atom stereocenters. The molecule has 1 aliphatic rings. The van der Waals surface area contributed by atoms with Crippen molar-refractivity contribution in [1.82, 2.24) is 4.57 Å². The fourth-order valence-electron chi connectivity index (χ4n) is 2.91. The molecule has 1 nitrogen and oxygen atoms in total. The van der Waals surface area contributed by atoms with Crippen molar-refractivity contribution in [3.63, 3.8) is 0 Å². The molecule has 20 heavy (non-hydrogen) atoms. The van der Waals surface area contributed by atoms with Crippen LogP contribution in [0.5, 0.6) is 0 Å². The second-order valence-electron chi connectivity index (χ2n) is 5.15. The summed E-state index contributed by atoms with van der Waals surface area (Å²) < 4.78 is 2.18. The molecule has 0 aliphatic heterocycles. The van der Waals surface area contributed by atoms with Gasteiger partial charge >= 0.3 is 0 Å². The van der Waals surface area contributed by atoms with Crippen molar-refractivity contribution in [1.29, 1.82) is 0 Å². The first kappa shape index (κ1) is 11.3. The van der Waals surface area contributed by atoms with Crippen molar-refractivity contribution in [2.75, 3.05) is 0 Å². The average Bonchev–Trinajstić information content (AvgIpc) is 3.17. The molecule has 1 aliphatic carbocycles. The van der Waals surface area contributed by atoms with Gasteiger partial charge in [0.05, 0.1) is 5.69 Å². The van der Waals surface area contributed by atoms with Crippen LogP contribution in [0.3, 0.4) is 0 Å². The number of fused-ring (bicyclic) bond motifs is 1. The third kappa shape index (κ3) is 1.79. The zero-order valence-corrected chi connectivity index (χ0v) is 11.2. The number of benzene rings is 2. The van der Waals surface area contributed by atoms with Gasteiger partial charge in [-0.3, -0.25) is 0 Å². The maximum Gasteiger partial charge on any atom is 0.0524 e. The van der Waals surface area contributed by atoms with Crippen molar-refractivity contribution in [2.24, 2.45) is 0 Å². The van der Waals surface area contributed by atoms with E-state index in [1.807, 2.05) is 0 Å². The minimum Gasteiger partial charge on any atom is -0.323 e. The van der Waals surface area contributed by atoms with Gasteiger partial charge in [-0.2, -0.15) is 0 Å². The molecular formula is C19H15N. The Morgan fingerprint density at radius 2 is 1.55 bits per heavy atom. The molecule has 1 heterocycles. The van der Waals surface area contributed by atoms with Gasteiger partial charge in [0.25, 0.3) is 0 Å². The van der Waals surface area contributed by atoms with Gasteiger partial charge in [0.15, 0.2) is 0 Å². The number of allylic oxidation sites excluding steroid dienone is 1. The van der Waals surface area contributed by atoms with Crippen molar-refractivity contribution < 1.29 is 0 Å². The molecule has 0 amide bonds. The van der Waals surface area contributed by atoms with Crippen molar-refractivity contribution in [3.05, 3.63) is 89.7 Å². The summed E-state index contributed by atoms with van der Waals surface area (Å²) in [6, 6.07) is 21.3. The monoisotopic (exact) mass is 257 g/mol. The highest BCUT2D eigenvalue weighted by atomic mass is 14.9. The minimum atomic E-state index is 1.02. The van der Waals surface area contributed by atoms with Crippen molar-refractivity contribution in [3.8, 4) is 5.69 Å². The summed E-state index contributed by atoms with van der Waals surface area (Å²) in [6.07, 6.45) is 7.56. The molecule has 1 heteroatoms. The van der Waals surface area contributed by atoms with Gasteiger partial charge in [0.1, 0.15) is 0 Å². The molecule has 0 saturated carbocycles. The zero-order chi connectivity index (χ0) is 13.4. The van der Waals surface area contributed by atoms with E-state index >= 15 is 0 Å². The molecule has 0 fully saturated rings. The summed E-state index contributed by atoms with van der Waals surface area (Å²) in [6.45, 7) is 0. The molecule has 1 aromatic heterocycles. The number of nitrogens with zero attached hydrogens (tertiary/aromatic N) is 1. The van der Waals surface area contributed by atoms with Crippen LogP contribution in [0.1, 0.15) is 16.7 Å². The Hall–Kier alpha value is -2.54. The van der Waals surface area contributed by atoms with Crippen LogP contribution >= 0.6 is 0 Å². The number of rotatable bonds is 2. The van der Waals surface area contributed by atoms with Gasteiger partial charge in [0, 0.05) is 18.0 Å². The Labute approximate surface area is 118 Å². The van der Waals surface area contributed by atoms with Crippen LogP contribution in [0.25, 0.3) is 17.3 Å². The van der Waals surface area contributed by atoms with Gasteiger partial charge < -0.3 is 4.57 Å². The SMILES string of the molecule is C1=C(c2ccccc2)Cc2cccc(-n3cccc3)c21. The molecular weight excluding hydrogens is 242 g/mol. The van der Waals surface area contributed by atoms with Crippen LogP contribution in [-0.4, -0.2) is 4.57 Å². The van der Waals surface area contributed by atoms with Gasteiger partial charge in [-0.05, 0) is 47.4 Å². The second kappa shape index (κ2) is 4.53. The predicted molar refractivity (Wildman–Crippen MR) is 83.8 cm³/mol. The van der Waals surface area contributed by atoms with Gasteiger partial charge in [-0.1, -0.05) is 42.5 Å². The average molecular weight is 257 g/mol. The van der Waals surface area contributed by atoms with E-state index < -0.39 is 0 Å². The van der Waals surface area contributed by atoms with Crippen molar-refractivity contribution in [2.45, 2.75) is 6.42 Å². The van der Waals surface area contributed by atoms with Crippen LogP contribution in [0.15, 0.2) is 73.1 Å². The fourth-order valence-corrected chi connectivity index (χ4v) is 2.91. The summed E-state index contributed by atoms with van der Waals surface area (Å²) in [5, 5.41) is 0. The highest BCUT2D eigenvalue weighted by molar-refractivity contribution is 5.91. The third-order valence-electron chi connectivity index (χ3n) is 3.90. The molecule has 0 bridgehead atoms. The molecule has 0 radical (unpaired) electrons. The standard InChI is InChI=1S/C19H15N/c1-2-7-15(8-3-1)17-13-16-9-6-10-19(18(16)14-17)20-11-4-5-12-20/h1-12,14H,13H2. The molecule has 0 spiro atoms. The highest BCUT2D eigenvalue weighted by Gasteiger charge is 2.17. The summed E-state index contributed by atoms with van der Waals surface area (Å²) in [5.41, 5.74) is 6.75. The van der Waals surface area contributed by atoms with Crippen LogP contribution < -0.4 is 0 Å². The molecule has 0 atom stereocenters. The predicted octanol–water partition coefficient (Wildman–Crippen LogP) is 4.57. The molecule has 4 rings (SSSR count). The lowest BCUT2D eigenvalue weighted by Gasteiger charge is -2.08. The van der Waals surface area contributed by atoms with E-state index in [4.69, 9.17) is 0 Å². The molecule has 2 aromatic carbocycles. The normalized spacial score (nSPS) is 13.1. The number of hydrogen-bond donors (Lipinski definition) is 0. The van der Waals surface area contributed by atoms with E-state index in [0.717, 1.165) is 6.42 Å². The zero-order valence-electron chi connectivity index (χ0n) is 11.2. The maximum absolute atomic E-state index is 2.33. The summed E-state index contributed by atoms with van der Waals surface area (Å²) in [5.74, 6) is 0. The van der Waals surface area contributed by atoms with Gasteiger partial charge in [-0.15, -0.1) is 0 Å². The first-order valence-corrected chi connectivity index (χ1v) is 6.93. The molecule has 0 N–H and O–H groups in total. The number of hydrogen-bond acceptors (Lipinski definition) is 0. The summed E-state index contributed by atoms with van der Waals surface area (Å²) in [7, 11) is 0. The smallest absolute Gasteiger partial charge is 0.0524 e. The first-order chi connectivity index (χ1) is 9.92. The summed E-state index contributed by atoms with van der Waals surface area (Å²) in [4.78, 5) is 0. The van der Waals surface area contributed by atoms with Crippen LogP contribution in [0, 0.1) is 0 Å². The van der Waals surface area contributed by atoms with Crippen LogP contribution in [0.2, 0.25) is 0 Å². The Kier molecular flexibility index (Phi) is 2.56. The lowest BCUT2D eigenvalue weighted by Crippen LogP contribution is -1.94. The molecule has 3 aromatic rings. The topological polar surface area (TPSA) is 4.93 Å². The van der Waals surface area contributed by atoms with Crippen molar-refractivity contribution >= 4 is 11.6 Å². The molecule has 0 saturated heterocycles. The van der Waals surface area contributed by atoms with E-state index in [9.17, 15) is 0 Å². The third-order valence-corrected chi connectivity index (χ3v) is 3.90. The number of aromatic nitrogens is 1.